The largest absolute Gasteiger partial charge is 0.348 e. The SMILES string of the molecule is O=C(NCc1ccccc1-c1nccs1)c1ccc(F)c(F)c1. The average Bonchev–Trinajstić information content (AvgIpc) is 3.10. The van der Waals surface area contributed by atoms with Gasteiger partial charge in [0.15, 0.2) is 11.6 Å². The Morgan fingerprint density at radius 2 is 1.96 bits per heavy atom. The number of aromatic nitrogens is 1. The highest BCUT2D eigenvalue weighted by atomic mass is 32.1. The van der Waals surface area contributed by atoms with E-state index in [9.17, 15) is 13.6 Å². The fraction of sp³-hybridized carbons (Fsp3) is 0.0588. The van der Waals surface area contributed by atoms with Crippen LogP contribution in [0, 0.1) is 11.6 Å². The normalized spacial score (nSPS) is 10.5. The predicted molar refractivity (Wildman–Crippen MR) is 85.1 cm³/mol. The third-order valence-corrected chi connectivity index (χ3v) is 4.11. The minimum atomic E-state index is -1.04. The van der Waals surface area contributed by atoms with E-state index < -0.39 is 17.5 Å². The number of halogens is 2. The van der Waals surface area contributed by atoms with E-state index in [4.69, 9.17) is 0 Å². The number of carbonyl (C=O) groups is 1. The molecular weight excluding hydrogens is 318 g/mol. The van der Waals surface area contributed by atoms with Gasteiger partial charge in [-0.3, -0.25) is 4.79 Å². The lowest BCUT2D eigenvalue weighted by molar-refractivity contribution is 0.0950. The van der Waals surface area contributed by atoms with Gasteiger partial charge < -0.3 is 5.32 Å². The van der Waals surface area contributed by atoms with Crippen LogP contribution in [0.4, 0.5) is 8.78 Å². The molecule has 3 nitrogen and oxygen atoms in total. The number of hydrogen-bond donors (Lipinski definition) is 1. The van der Waals surface area contributed by atoms with Crippen molar-refractivity contribution in [3.63, 3.8) is 0 Å². The summed E-state index contributed by atoms with van der Waals surface area (Å²) < 4.78 is 26.1. The van der Waals surface area contributed by atoms with Crippen LogP contribution in [0.15, 0.2) is 54.0 Å². The summed E-state index contributed by atoms with van der Waals surface area (Å²) in [5, 5.41) is 5.46. The quantitative estimate of drug-likeness (QED) is 0.785. The van der Waals surface area contributed by atoms with Crippen molar-refractivity contribution in [2.24, 2.45) is 0 Å². The maximum Gasteiger partial charge on any atom is 0.251 e. The van der Waals surface area contributed by atoms with E-state index in [-0.39, 0.29) is 12.1 Å². The molecule has 0 saturated heterocycles. The Morgan fingerprint density at radius 3 is 2.70 bits per heavy atom. The molecule has 0 radical (unpaired) electrons. The van der Waals surface area contributed by atoms with Gasteiger partial charge in [0.05, 0.1) is 0 Å². The first-order chi connectivity index (χ1) is 11.1. The van der Waals surface area contributed by atoms with Crippen LogP contribution in [0.3, 0.4) is 0 Å². The minimum Gasteiger partial charge on any atom is -0.348 e. The molecule has 1 N–H and O–H groups in total. The van der Waals surface area contributed by atoms with Crippen LogP contribution in [0.25, 0.3) is 10.6 Å². The molecule has 0 aliphatic heterocycles. The van der Waals surface area contributed by atoms with Gasteiger partial charge in [-0.05, 0) is 23.8 Å². The summed E-state index contributed by atoms with van der Waals surface area (Å²) in [5.41, 5.74) is 1.92. The van der Waals surface area contributed by atoms with Gasteiger partial charge in [0.2, 0.25) is 0 Å². The fourth-order valence-electron chi connectivity index (χ4n) is 2.15. The number of carbonyl (C=O) groups excluding carboxylic acids is 1. The summed E-state index contributed by atoms with van der Waals surface area (Å²) in [6.45, 7) is 0.271. The molecule has 23 heavy (non-hydrogen) atoms. The summed E-state index contributed by atoms with van der Waals surface area (Å²) in [4.78, 5) is 16.3. The lowest BCUT2D eigenvalue weighted by Gasteiger charge is -2.09. The molecule has 0 fully saturated rings. The molecule has 0 bridgehead atoms. The molecule has 0 unspecified atom stereocenters. The van der Waals surface area contributed by atoms with Crippen LogP contribution < -0.4 is 5.32 Å². The topological polar surface area (TPSA) is 42.0 Å². The Hall–Kier alpha value is -2.60. The number of rotatable bonds is 4. The minimum absolute atomic E-state index is 0.0793. The smallest absolute Gasteiger partial charge is 0.251 e. The van der Waals surface area contributed by atoms with Crippen LogP contribution >= 0.6 is 11.3 Å². The first-order valence-electron chi connectivity index (χ1n) is 6.86. The second-order valence-corrected chi connectivity index (χ2v) is 5.70. The highest BCUT2D eigenvalue weighted by Gasteiger charge is 2.11. The molecule has 1 amide bonds. The Bertz CT molecular complexity index is 834. The first-order valence-corrected chi connectivity index (χ1v) is 7.74. The Kier molecular flexibility index (Phi) is 4.43. The van der Waals surface area contributed by atoms with E-state index in [1.807, 2.05) is 29.6 Å². The lowest BCUT2D eigenvalue weighted by atomic mass is 10.1. The Morgan fingerprint density at radius 1 is 1.13 bits per heavy atom. The fourth-order valence-corrected chi connectivity index (χ4v) is 2.85. The molecule has 116 valence electrons. The zero-order chi connectivity index (χ0) is 16.2. The summed E-state index contributed by atoms with van der Waals surface area (Å²) in [6.07, 6.45) is 1.72. The van der Waals surface area contributed by atoms with Crippen LogP contribution in [-0.4, -0.2) is 10.9 Å². The highest BCUT2D eigenvalue weighted by Crippen LogP contribution is 2.25. The van der Waals surface area contributed by atoms with Crippen LogP contribution in [0.1, 0.15) is 15.9 Å². The predicted octanol–water partition coefficient (Wildman–Crippen LogP) is 4.02. The molecule has 2 aromatic carbocycles. The van der Waals surface area contributed by atoms with Crippen molar-refractivity contribution in [3.8, 4) is 10.6 Å². The van der Waals surface area contributed by atoms with Gasteiger partial charge in [-0.2, -0.15) is 0 Å². The van der Waals surface area contributed by atoms with E-state index in [1.165, 1.54) is 17.4 Å². The van der Waals surface area contributed by atoms with E-state index in [1.54, 1.807) is 6.20 Å². The molecule has 0 atom stereocenters. The maximum absolute atomic E-state index is 13.2. The summed E-state index contributed by atoms with van der Waals surface area (Å²) >= 11 is 1.51. The van der Waals surface area contributed by atoms with Gasteiger partial charge in [-0.1, -0.05) is 24.3 Å². The van der Waals surface area contributed by atoms with Gasteiger partial charge >= 0.3 is 0 Å². The van der Waals surface area contributed by atoms with Crippen molar-refractivity contribution in [3.05, 3.63) is 76.8 Å². The van der Waals surface area contributed by atoms with Crippen molar-refractivity contribution in [1.29, 1.82) is 0 Å². The number of nitrogens with zero attached hydrogens (tertiary/aromatic N) is 1. The maximum atomic E-state index is 13.2. The van der Waals surface area contributed by atoms with E-state index >= 15 is 0 Å². The van der Waals surface area contributed by atoms with Crippen molar-refractivity contribution >= 4 is 17.2 Å². The second kappa shape index (κ2) is 6.66. The van der Waals surface area contributed by atoms with Gasteiger partial charge in [-0.25, -0.2) is 13.8 Å². The van der Waals surface area contributed by atoms with Crippen LogP contribution in [0.2, 0.25) is 0 Å². The van der Waals surface area contributed by atoms with Crippen molar-refractivity contribution in [2.75, 3.05) is 0 Å². The third kappa shape index (κ3) is 3.43. The molecule has 0 aliphatic carbocycles. The van der Waals surface area contributed by atoms with Crippen molar-refractivity contribution < 1.29 is 13.6 Å². The molecule has 3 rings (SSSR count). The zero-order valence-corrected chi connectivity index (χ0v) is 12.7. The standard InChI is InChI=1S/C17H12F2N2OS/c18-14-6-5-11(9-15(14)19)16(22)21-10-12-3-1-2-4-13(12)17-20-7-8-23-17/h1-9H,10H2,(H,21,22). The molecular formula is C17H12F2N2OS. The van der Waals surface area contributed by atoms with Crippen molar-refractivity contribution in [1.82, 2.24) is 10.3 Å². The summed E-state index contributed by atoms with van der Waals surface area (Å²) in [7, 11) is 0. The number of amides is 1. The number of nitrogens with one attached hydrogen (secondary N) is 1. The second-order valence-electron chi connectivity index (χ2n) is 4.81. The monoisotopic (exact) mass is 330 g/mol. The molecule has 3 aromatic rings. The molecule has 0 aliphatic rings. The van der Waals surface area contributed by atoms with Gasteiger partial charge in [0.25, 0.3) is 5.91 Å². The number of hydrogen-bond acceptors (Lipinski definition) is 3. The van der Waals surface area contributed by atoms with Gasteiger partial charge in [0, 0.05) is 29.2 Å². The summed E-state index contributed by atoms with van der Waals surface area (Å²) in [6, 6.07) is 10.7. The average molecular weight is 330 g/mol. The number of benzene rings is 2. The van der Waals surface area contributed by atoms with Gasteiger partial charge in [-0.15, -0.1) is 11.3 Å². The van der Waals surface area contributed by atoms with Gasteiger partial charge in [0.1, 0.15) is 5.01 Å². The third-order valence-electron chi connectivity index (χ3n) is 3.30. The Balaban J connectivity index is 1.76. The first kappa shape index (κ1) is 15.3. The lowest BCUT2D eigenvalue weighted by Crippen LogP contribution is -2.23. The molecule has 0 spiro atoms. The van der Waals surface area contributed by atoms with Crippen LogP contribution in [0.5, 0.6) is 0 Å². The number of thiazole rings is 1. The Labute approximate surface area is 135 Å². The van der Waals surface area contributed by atoms with Crippen molar-refractivity contribution in [2.45, 2.75) is 6.54 Å². The van der Waals surface area contributed by atoms with E-state index in [0.29, 0.717) is 0 Å². The molecule has 1 heterocycles. The zero-order valence-electron chi connectivity index (χ0n) is 11.9. The summed E-state index contributed by atoms with van der Waals surface area (Å²) in [5.74, 6) is -2.48. The van der Waals surface area contributed by atoms with Crippen LogP contribution in [-0.2, 0) is 6.54 Å². The molecule has 1 aromatic heterocycles. The molecule has 0 saturated carbocycles. The van der Waals surface area contributed by atoms with E-state index in [2.05, 4.69) is 10.3 Å². The molecule has 6 heteroatoms. The highest BCUT2D eigenvalue weighted by molar-refractivity contribution is 7.13. The van der Waals surface area contributed by atoms with E-state index in [0.717, 1.165) is 28.3 Å².